The first kappa shape index (κ1) is 16.8. The second kappa shape index (κ2) is 5.43. The van der Waals surface area contributed by atoms with E-state index in [4.69, 9.17) is 0 Å². The fourth-order valence-corrected chi connectivity index (χ4v) is 7.08. The van der Waals surface area contributed by atoms with Crippen LogP contribution in [-0.2, 0) is 4.79 Å². The summed E-state index contributed by atoms with van der Waals surface area (Å²) in [6.45, 7) is 9.19. The van der Waals surface area contributed by atoms with Gasteiger partial charge in [-0.25, -0.2) is 0 Å². The average Bonchev–Trinajstić information content (AvgIpc) is 2.80. The zero-order chi connectivity index (χ0) is 17.3. The van der Waals surface area contributed by atoms with Gasteiger partial charge in [0.15, 0.2) is 0 Å². The lowest BCUT2D eigenvalue weighted by Gasteiger charge is -2.56. The van der Waals surface area contributed by atoms with Crippen LogP contribution in [0.3, 0.4) is 0 Å². The Labute approximate surface area is 147 Å². The lowest BCUT2D eigenvalue weighted by Crippen LogP contribution is -2.50. The normalized spacial score (nSPS) is 51.0. The molecule has 0 spiro atoms. The largest absolute Gasteiger partial charge is 0.393 e. The number of carbonyl (C=O) groups is 1. The number of aliphatic hydroxyl groups is 1. The van der Waals surface area contributed by atoms with Gasteiger partial charge in [-0.15, -0.1) is 0 Å². The van der Waals surface area contributed by atoms with E-state index >= 15 is 0 Å². The molecule has 0 saturated heterocycles. The molecule has 0 aliphatic heterocycles. The van der Waals surface area contributed by atoms with Gasteiger partial charge in [0, 0.05) is 11.3 Å². The third kappa shape index (κ3) is 2.14. The first-order chi connectivity index (χ1) is 11.3. The van der Waals surface area contributed by atoms with Crippen molar-refractivity contribution >= 4 is 5.78 Å². The molecule has 0 heterocycles. The molecule has 24 heavy (non-hydrogen) atoms. The fourth-order valence-electron chi connectivity index (χ4n) is 7.08. The number of fused-ring (bicyclic) bond motifs is 5. The lowest BCUT2D eigenvalue weighted by atomic mass is 9.48. The third-order valence-corrected chi connectivity index (χ3v) is 8.68. The molecular weight excluding hydrogens is 296 g/mol. The SMILES string of the molecule is CC(C)[C@@H]1C[C@@H]2[C@H]3CC=C4C[C@@H](O)CC[C@]4(C)[C@@H]3CC[C@@]2(C)C1=O. The van der Waals surface area contributed by atoms with Crippen molar-refractivity contribution in [1.82, 2.24) is 0 Å². The Bertz CT molecular complexity index is 577. The Morgan fingerprint density at radius 1 is 1.12 bits per heavy atom. The Hall–Kier alpha value is -0.630. The van der Waals surface area contributed by atoms with Gasteiger partial charge in [-0.3, -0.25) is 4.79 Å². The Balaban J connectivity index is 1.68. The van der Waals surface area contributed by atoms with Gasteiger partial charge in [0.05, 0.1) is 6.10 Å². The summed E-state index contributed by atoms with van der Waals surface area (Å²) in [6.07, 6.45) is 9.85. The first-order valence-corrected chi connectivity index (χ1v) is 10.2. The highest BCUT2D eigenvalue weighted by atomic mass is 16.3. The van der Waals surface area contributed by atoms with Gasteiger partial charge in [0.25, 0.3) is 0 Å². The Morgan fingerprint density at radius 3 is 2.54 bits per heavy atom. The van der Waals surface area contributed by atoms with E-state index in [2.05, 4.69) is 33.8 Å². The molecule has 0 aromatic rings. The fraction of sp³-hybridized carbons (Fsp3) is 0.864. The van der Waals surface area contributed by atoms with Crippen LogP contribution in [0.1, 0.15) is 72.6 Å². The molecule has 0 radical (unpaired) electrons. The van der Waals surface area contributed by atoms with Gasteiger partial charge >= 0.3 is 0 Å². The predicted molar refractivity (Wildman–Crippen MR) is 96.4 cm³/mol. The van der Waals surface area contributed by atoms with Crippen LogP contribution in [-0.4, -0.2) is 17.0 Å². The van der Waals surface area contributed by atoms with Crippen LogP contribution in [0.5, 0.6) is 0 Å². The van der Waals surface area contributed by atoms with Crippen LogP contribution in [0.2, 0.25) is 0 Å². The highest BCUT2D eigenvalue weighted by Crippen LogP contribution is 2.65. The van der Waals surface area contributed by atoms with E-state index in [-0.39, 0.29) is 22.9 Å². The van der Waals surface area contributed by atoms with Crippen LogP contribution in [0.25, 0.3) is 0 Å². The van der Waals surface area contributed by atoms with Gasteiger partial charge in [-0.05, 0) is 74.0 Å². The molecule has 3 saturated carbocycles. The minimum atomic E-state index is -0.131. The van der Waals surface area contributed by atoms with Gasteiger partial charge < -0.3 is 5.11 Å². The van der Waals surface area contributed by atoms with E-state index in [1.54, 1.807) is 0 Å². The van der Waals surface area contributed by atoms with Gasteiger partial charge in [-0.2, -0.15) is 0 Å². The minimum absolute atomic E-state index is 0.0635. The standard InChI is InChI=1S/C22H34O2/c1-13(2)17-12-19-16-6-5-14-11-15(23)7-9-21(14,3)18(16)8-10-22(19,4)20(17)24/h5,13,15-19,23H,6-12H2,1-4H3/t15-,16-,17-,18+,19+,21-,22+/m0/s1. The molecular formula is C22H34O2. The maximum Gasteiger partial charge on any atom is 0.142 e. The molecule has 0 unspecified atom stereocenters. The van der Waals surface area contributed by atoms with Gasteiger partial charge in [0.1, 0.15) is 5.78 Å². The van der Waals surface area contributed by atoms with Crippen molar-refractivity contribution in [2.45, 2.75) is 78.7 Å². The van der Waals surface area contributed by atoms with Crippen molar-refractivity contribution in [2.75, 3.05) is 0 Å². The quantitative estimate of drug-likeness (QED) is 0.704. The predicted octanol–water partition coefficient (Wildman–Crippen LogP) is 4.76. The van der Waals surface area contributed by atoms with E-state index in [1.807, 2.05) is 0 Å². The summed E-state index contributed by atoms with van der Waals surface area (Å²) in [6, 6.07) is 0. The van der Waals surface area contributed by atoms with Gasteiger partial charge in [-0.1, -0.05) is 39.3 Å². The molecule has 4 aliphatic carbocycles. The van der Waals surface area contributed by atoms with E-state index in [0.717, 1.165) is 44.4 Å². The molecule has 0 aromatic heterocycles. The topological polar surface area (TPSA) is 37.3 Å². The first-order valence-electron chi connectivity index (χ1n) is 10.2. The maximum absolute atomic E-state index is 13.1. The van der Waals surface area contributed by atoms with E-state index < -0.39 is 0 Å². The Morgan fingerprint density at radius 2 is 1.83 bits per heavy atom. The van der Waals surface area contributed by atoms with E-state index in [0.29, 0.717) is 23.5 Å². The summed E-state index contributed by atoms with van der Waals surface area (Å²) in [5, 5.41) is 10.1. The average molecular weight is 331 g/mol. The number of allylic oxidation sites excluding steroid dienone is 1. The molecule has 2 nitrogen and oxygen atoms in total. The number of Topliss-reactive ketones (excluding diaryl/α,β-unsaturated/α-hetero) is 1. The second-order valence-electron chi connectivity index (χ2n) is 10.1. The monoisotopic (exact) mass is 330 g/mol. The number of ketones is 1. The zero-order valence-electron chi connectivity index (χ0n) is 15.8. The number of carbonyl (C=O) groups excluding carboxylic acids is 1. The molecule has 134 valence electrons. The minimum Gasteiger partial charge on any atom is -0.393 e. The molecule has 1 N–H and O–H groups in total. The molecule has 4 rings (SSSR count). The van der Waals surface area contributed by atoms with Crippen molar-refractivity contribution in [1.29, 1.82) is 0 Å². The van der Waals surface area contributed by atoms with Crippen molar-refractivity contribution in [3.63, 3.8) is 0 Å². The summed E-state index contributed by atoms with van der Waals surface area (Å²) < 4.78 is 0. The van der Waals surface area contributed by atoms with Crippen molar-refractivity contribution < 1.29 is 9.90 Å². The van der Waals surface area contributed by atoms with Gasteiger partial charge in [0.2, 0.25) is 0 Å². The van der Waals surface area contributed by atoms with Crippen LogP contribution in [0.15, 0.2) is 11.6 Å². The summed E-state index contributed by atoms with van der Waals surface area (Å²) >= 11 is 0. The number of rotatable bonds is 1. The van der Waals surface area contributed by atoms with Crippen LogP contribution in [0, 0.1) is 40.4 Å². The van der Waals surface area contributed by atoms with E-state index in [1.165, 1.54) is 12.0 Å². The smallest absolute Gasteiger partial charge is 0.142 e. The molecule has 7 atom stereocenters. The number of hydrogen-bond donors (Lipinski definition) is 1. The van der Waals surface area contributed by atoms with Crippen molar-refractivity contribution in [3.8, 4) is 0 Å². The maximum atomic E-state index is 13.1. The molecule has 2 heteroatoms. The number of aliphatic hydroxyl groups excluding tert-OH is 1. The second-order valence-corrected chi connectivity index (χ2v) is 10.1. The summed E-state index contributed by atoms with van der Waals surface area (Å²) in [4.78, 5) is 13.1. The summed E-state index contributed by atoms with van der Waals surface area (Å²) in [7, 11) is 0. The molecule has 0 aromatic carbocycles. The highest BCUT2D eigenvalue weighted by molar-refractivity contribution is 5.89. The number of hydrogen-bond acceptors (Lipinski definition) is 2. The van der Waals surface area contributed by atoms with Crippen molar-refractivity contribution in [3.05, 3.63) is 11.6 Å². The molecule has 4 aliphatic rings. The summed E-state index contributed by atoms with van der Waals surface area (Å²) in [5.41, 5.74) is 1.74. The Kier molecular flexibility index (Phi) is 3.81. The summed E-state index contributed by atoms with van der Waals surface area (Å²) in [5.74, 6) is 3.32. The van der Waals surface area contributed by atoms with Crippen LogP contribution < -0.4 is 0 Å². The third-order valence-electron chi connectivity index (χ3n) is 8.68. The van der Waals surface area contributed by atoms with Crippen LogP contribution >= 0.6 is 0 Å². The van der Waals surface area contributed by atoms with Crippen molar-refractivity contribution in [2.24, 2.45) is 40.4 Å². The molecule has 3 fully saturated rings. The molecule has 0 bridgehead atoms. The lowest BCUT2D eigenvalue weighted by molar-refractivity contribution is -0.135. The molecule has 0 amide bonds. The zero-order valence-corrected chi connectivity index (χ0v) is 15.8. The highest BCUT2D eigenvalue weighted by Gasteiger charge is 2.61. The van der Waals surface area contributed by atoms with E-state index in [9.17, 15) is 9.90 Å². The van der Waals surface area contributed by atoms with Crippen LogP contribution in [0.4, 0.5) is 0 Å².